The van der Waals surface area contributed by atoms with Gasteiger partial charge in [-0.3, -0.25) is 4.99 Å². The first kappa shape index (κ1) is 28.4. The maximum absolute atomic E-state index is 17.6. The summed E-state index contributed by atoms with van der Waals surface area (Å²) in [5.41, 5.74) is 4.72. The molecule has 2 fully saturated rings. The van der Waals surface area contributed by atoms with Gasteiger partial charge in [-0.1, -0.05) is 54.1 Å². The summed E-state index contributed by atoms with van der Waals surface area (Å²) in [6.45, 7) is 3.34. The van der Waals surface area contributed by atoms with Gasteiger partial charge in [0.2, 0.25) is 0 Å². The Morgan fingerprint density at radius 1 is 1.04 bits per heavy atom. The molecule has 0 amide bonds. The SMILES string of the molecule is CN(C)C1CN(c2nc3c(F)c(-c4cc(O)cc5ccccc45)c(Cc4ccccc4Cl)cc3c3c2N=CC32CCCNC2)C1. The van der Waals surface area contributed by atoms with Crippen molar-refractivity contribution in [3.63, 3.8) is 0 Å². The molecule has 0 aliphatic carbocycles. The highest BCUT2D eigenvalue weighted by molar-refractivity contribution is 6.31. The van der Waals surface area contributed by atoms with Gasteiger partial charge in [-0.15, -0.1) is 0 Å². The van der Waals surface area contributed by atoms with Crippen LogP contribution < -0.4 is 10.2 Å². The molecule has 45 heavy (non-hydrogen) atoms. The van der Waals surface area contributed by atoms with Crippen LogP contribution in [-0.2, 0) is 11.8 Å². The smallest absolute Gasteiger partial charge is 0.157 e. The van der Waals surface area contributed by atoms with Crippen molar-refractivity contribution in [2.45, 2.75) is 30.7 Å². The Morgan fingerprint density at radius 3 is 2.62 bits per heavy atom. The van der Waals surface area contributed by atoms with E-state index in [2.05, 4.69) is 41.5 Å². The molecular weight excluding hydrogens is 585 g/mol. The molecule has 1 unspecified atom stereocenters. The fourth-order valence-electron chi connectivity index (χ4n) is 7.48. The third-order valence-electron chi connectivity index (χ3n) is 9.96. The third-order valence-corrected chi connectivity index (χ3v) is 10.3. The molecule has 3 aliphatic heterocycles. The van der Waals surface area contributed by atoms with Gasteiger partial charge in [-0.05, 0) is 91.6 Å². The Bertz CT molecular complexity index is 2010. The molecular formula is C37H35ClFN5O. The molecule has 3 aliphatic rings. The lowest BCUT2D eigenvalue weighted by Gasteiger charge is -2.44. The summed E-state index contributed by atoms with van der Waals surface area (Å²) in [4.78, 5) is 14.6. The van der Waals surface area contributed by atoms with Crippen LogP contribution in [-0.4, -0.2) is 67.5 Å². The molecule has 228 valence electrons. The zero-order valence-electron chi connectivity index (χ0n) is 25.4. The Hall–Kier alpha value is -4.04. The number of hydrogen-bond acceptors (Lipinski definition) is 6. The van der Waals surface area contributed by atoms with Gasteiger partial charge in [-0.2, -0.15) is 0 Å². The van der Waals surface area contributed by atoms with Crippen molar-refractivity contribution in [2.75, 3.05) is 45.2 Å². The normalized spacial score (nSPS) is 19.6. The largest absolute Gasteiger partial charge is 0.508 e. The van der Waals surface area contributed by atoms with E-state index >= 15 is 4.39 Å². The number of aliphatic imine (C=N–C) groups is 1. The Labute approximate surface area is 267 Å². The number of nitrogens with one attached hydrogen (secondary N) is 1. The van der Waals surface area contributed by atoms with E-state index in [0.29, 0.717) is 34.1 Å². The molecule has 6 nitrogen and oxygen atoms in total. The highest BCUT2D eigenvalue weighted by atomic mass is 35.5. The topological polar surface area (TPSA) is 64.0 Å². The molecule has 4 aromatic carbocycles. The van der Waals surface area contributed by atoms with Crippen LogP contribution in [0.25, 0.3) is 32.8 Å². The summed E-state index contributed by atoms with van der Waals surface area (Å²) in [6.07, 6.45) is 4.46. The second kappa shape index (κ2) is 10.8. The minimum Gasteiger partial charge on any atom is -0.508 e. The molecule has 2 N–H and O–H groups in total. The van der Waals surface area contributed by atoms with Crippen LogP contribution in [0.15, 0.2) is 71.7 Å². The van der Waals surface area contributed by atoms with Gasteiger partial charge < -0.3 is 20.2 Å². The summed E-state index contributed by atoms with van der Waals surface area (Å²) in [6, 6.07) is 21.4. The number of hydrogen-bond donors (Lipinski definition) is 2. The maximum Gasteiger partial charge on any atom is 0.157 e. The van der Waals surface area contributed by atoms with Crippen molar-refractivity contribution in [3.05, 3.63) is 94.3 Å². The van der Waals surface area contributed by atoms with Crippen molar-refractivity contribution in [1.82, 2.24) is 15.2 Å². The summed E-state index contributed by atoms with van der Waals surface area (Å²) >= 11 is 6.69. The zero-order valence-corrected chi connectivity index (χ0v) is 26.2. The van der Waals surface area contributed by atoms with Crippen molar-refractivity contribution in [3.8, 4) is 16.9 Å². The van der Waals surface area contributed by atoms with Gasteiger partial charge in [0, 0.05) is 58.8 Å². The molecule has 4 heterocycles. The first-order valence-electron chi connectivity index (χ1n) is 15.7. The number of benzene rings is 4. The second-order valence-electron chi connectivity index (χ2n) is 13.0. The van der Waals surface area contributed by atoms with Gasteiger partial charge in [-0.25, -0.2) is 9.37 Å². The number of phenols is 1. The van der Waals surface area contributed by atoms with Crippen LogP contribution >= 0.6 is 11.6 Å². The lowest BCUT2D eigenvalue weighted by atomic mass is 9.74. The summed E-state index contributed by atoms with van der Waals surface area (Å²) in [5.74, 6) is 0.453. The molecule has 1 aromatic heterocycles. The number of nitrogens with zero attached hydrogens (tertiary/aromatic N) is 4. The maximum atomic E-state index is 17.6. The standard InChI is InChI=1S/C37H35ClFN5O/c1-43(2)25-18-44(19-25)36-35-32(37(21-41-35)12-7-13-40-20-37)29-16-24(14-23-9-4-6-11-30(23)38)31(33(39)34(29)42-36)28-17-26(45)15-22-8-3-5-10-27(22)28/h3-6,8-11,15-17,21,25,40,45H,7,12-14,18-20H2,1-2H3. The van der Waals surface area contributed by atoms with Crippen LogP contribution in [0.1, 0.15) is 29.5 Å². The van der Waals surface area contributed by atoms with E-state index in [1.807, 2.05) is 48.5 Å². The molecule has 1 atom stereocenters. The van der Waals surface area contributed by atoms with Gasteiger partial charge in [0.1, 0.15) is 17.0 Å². The highest BCUT2D eigenvalue weighted by Gasteiger charge is 2.43. The number of piperidine rings is 1. The third kappa shape index (κ3) is 4.59. The predicted molar refractivity (Wildman–Crippen MR) is 182 cm³/mol. The van der Waals surface area contributed by atoms with Crippen LogP contribution in [0.4, 0.5) is 15.9 Å². The number of halogens is 2. The molecule has 5 aromatic rings. The van der Waals surface area contributed by atoms with E-state index in [-0.39, 0.29) is 17.0 Å². The van der Waals surface area contributed by atoms with E-state index in [1.165, 1.54) is 0 Å². The zero-order chi connectivity index (χ0) is 30.9. The Balaban J connectivity index is 1.44. The van der Waals surface area contributed by atoms with Crippen LogP contribution in [0.2, 0.25) is 5.02 Å². The summed E-state index contributed by atoms with van der Waals surface area (Å²) < 4.78 is 17.6. The van der Waals surface area contributed by atoms with E-state index in [1.54, 1.807) is 12.1 Å². The lowest BCUT2D eigenvalue weighted by Crippen LogP contribution is -2.57. The first-order valence-corrected chi connectivity index (χ1v) is 16.0. The Kier molecular flexibility index (Phi) is 6.82. The van der Waals surface area contributed by atoms with Gasteiger partial charge in [0.05, 0.1) is 0 Å². The number of rotatable bonds is 5. The minimum atomic E-state index is -0.384. The van der Waals surface area contributed by atoms with E-state index < -0.39 is 0 Å². The van der Waals surface area contributed by atoms with E-state index in [4.69, 9.17) is 21.6 Å². The first-order chi connectivity index (χ1) is 21.8. The predicted octanol–water partition coefficient (Wildman–Crippen LogP) is 7.23. The summed E-state index contributed by atoms with van der Waals surface area (Å²) in [5, 5.41) is 17.6. The van der Waals surface area contributed by atoms with E-state index in [9.17, 15) is 5.11 Å². The molecule has 0 radical (unpaired) electrons. The number of fused-ring (bicyclic) bond motifs is 5. The second-order valence-corrected chi connectivity index (χ2v) is 13.4. The number of anilines is 1. The molecule has 0 saturated carbocycles. The fourth-order valence-corrected chi connectivity index (χ4v) is 7.68. The average molecular weight is 620 g/mol. The van der Waals surface area contributed by atoms with Gasteiger partial charge in [0.15, 0.2) is 11.6 Å². The average Bonchev–Trinajstić information content (AvgIpc) is 3.36. The van der Waals surface area contributed by atoms with Crippen molar-refractivity contribution >= 4 is 51.0 Å². The molecule has 1 spiro atoms. The molecule has 2 saturated heterocycles. The monoisotopic (exact) mass is 619 g/mol. The minimum absolute atomic E-state index is 0.0884. The van der Waals surface area contributed by atoms with Crippen molar-refractivity contribution in [1.29, 1.82) is 0 Å². The molecule has 8 heteroatoms. The molecule has 0 bridgehead atoms. The number of aromatic nitrogens is 1. The van der Waals surface area contributed by atoms with Crippen LogP contribution in [0.5, 0.6) is 5.75 Å². The van der Waals surface area contributed by atoms with E-state index in [0.717, 1.165) is 83.4 Å². The van der Waals surface area contributed by atoms with Crippen LogP contribution in [0, 0.1) is 5.82 Å². The number of pyridine rings is 1. The van der Waals surface area contributed by atoms with Gasteiger partial charge in [0.25, 0.3) is 0 Å². The quantitative estimate of drug-likeness (QED) is 0.217. The highest BCUT2D eigenvalue weighted by Crippen LogP contribution is 2.51. The summed E-state index contributed by atoms with van der Waals surface area (Å²) in [7, 11) is 4.18. The van der Waals surface area contributed by atoms with Crippen LogP contribution in [0.3, 0.4) is 0 Å². The lowest BCUT2D eigenvalue weighted by molar-refractivity contribution is 0.246. The van der Waals surface area contributed by atoms with Gasteiger partial charge >= 0.3 is 0 Å². The number of phenolic OH excluding ortho intramolecular Hbond substituents is 1. The molecule has 8 rings (SSSR count). The van der Waals surface area contributed by atoms with Crippen molar-refractivity contribution < 1.29 is 9.50 Å². The fraction of sp³-hybridized carbons (Fsp3) is 0.297. The van der Waals surface area contributed by atoms with Crippen molar-refractivity contribution in [2.24, 2.45) is 4.99 Å². The number of likely N-dealkylation sites (N-methyl/N-ethyl adjacent to an activating group) is 1. The number of aromatic hydroxyl groups is 1. The Morgan fingerprint density at radius 2 is 1.84 bits per heavy atom.